The maximum atomic E-state index is 11.8. The number of piperidine rings is 2. The van der Waals surface area contributed by atoms with E-state index in [-0.39, 0.29) is 11.7 Å². The van der Waals surface area contributed by atoms with Crippen molar-refractivity contribution in [3.05, 3.63) is 40.8 Å². The smallest absolute Gasteiger partial charge is 0.255 e. The Morgan fingerprint density at radius 3 is 2.69 bits per heavy atom. The van der Waals surface area contributed by atoms with Gasteiger partial charge in [-0.2, -0.15) is 0 Å². The number of pyridine rings is 1. The molecule has 1 aromatic heterocycles. The molecular weight excluding hydrogens is 326 g/mol. The second kappa shape index (κ2) is 8.23. The maximum absolute atomic E-state index is 11.8. The van der Waals surface area contributed by atoms with Crippen LogP contribution in [-0.4, -0.2) is 48.7 Å². The minimum atomic E-state index is -0.0453. The number of ether oxygens (including phenoxy) is 1. The molecule has 2 aromatic rings. The number of hydrogen-bond acceptors (Lipinski definition) is 4. The summed E-state index contributed by atoms with van der Waals surface area (Å²) in [4.78, 5) is 17.1. The highest BCUT2D eigenvalue weighted by molar-refractivity contribution is 5.82. The van der Waals surface area contributed by atoms with Crippen molar-refractivity contribution in [2.75, 3.05) is 32.7 Å². The molecule has 2 saturated heterocycles. The number of fused-ring (bicyclic) bond motifs is 1. The number of aromatic amines is 1. The second-order valence-electron chi connectivity index (χ2n) is 7.70. The first kappa shape index (κ1) is 17.6. The SMILES string of the molecule is O=c1[nH]ccc2cc(OC3CCN(CCC4CCNCC4)CC3)ccc12. The minimum Gasteiger partial charge on any atom is -0.490 e. The highest BCUT2D eigenvalue weighted by Crippen LogP contribution is 2.23. The molecule has 2 aliphatic heterocycles. The van der Waals surface area contributed by atoms with E-state index in [2.05, 4.69) is 15.2 Å². The molecule has 0 bridgehead atoms. The Morgan fingerprint density at radius 1 is 1.08 bits per heavy atom. The summed E-state index contributed by atoms with van der Waals surface area (Å²) in [6.45, 7) is 5.87. The normalized spacial score (nSPS) is 20.5. The van der Waals surface area contributed by atoms with Gasteiger partial charge in [-0.15, -0.1) is 0 Å². The number of hydrogen-bond donors (Lipinski definition) is 2. The van der Waals surface area contributed by atoms with Crippen LogP contribution in [0.1, 0.15) is 32.1 Å². The van der Waals surface area contributed by atoms with Crippen molar-refractivity contribution < 1.29 is 4.74 Å². The van der Waals surface area contributed by atoms with E-state index in [1.165, 1.54) is 38.9 Å². The van der Waals surface area contributed by atoms with Crippen molar-refractivity contribution in [3.8, 4) is 5.75 Å². The molecule has 2 N–H and O–H groups in total. The number of aromatic nitrogens is 1. The third-order valence-corrected chi connectivity index (χ3v) is 5.89. The predicted octanol–water partition coefficient (Wildman–Crippen LogP) is 2.76. The zero-order valence-corrected chi connectivity index (χ0v) is 15.4. The Hall–Kier alpha value is -1.85. The van der Waals surface area contributed by atoms with Crippen LogP contribution in [0.25, 0.3) is 10.8 Å². The summed E-state index contributed by atoms with van der Waals surface area (Å²) < 4.78 is 6.20. The van der Waals surface area contributed by atoms with Crippen molar-refractivity contribution in [2.45, 2.75) is 38.2 Å². The van der Waals surface area contributed by atoms with Gasteiger partial charge in [0, 0.05) is 24.7 Å². The van der Waals surface area contributed by atoms with Gasteiger partial charge < -0.3 is 19.9 Å². The molecule has 26 heavy (non-hydrogen) atoms. The minimum absolute atomic E-state index is 0.0453. The highest BCUT2D eigenvalue weighted by atomic mass is 16.5. The van der Waals surface area contributed by atoms with E-state index < -0.39 is 0 Å². The van der Waals surface area contributed by atoms with Gasteiger partial charge in [-0.25, -0.2) is 0 Å². The van der Waals surface area contributed by atoms with E-state index in [0.717, 1.165) is 43.0 Å². The van der Waals surface area contributed by atoms with Gasteiger partial charge in [0.1, 0.15) is 11.9 Å². The fourth-order valence-electron chi connectivity index (χ4n) is 4.22. The van der Waals surface area contributed by atoms with Crippen LogP contribution in [-0.2, 0) is 0 Å². The summed E-state index contributed by atoms with van der Waals surface area (Å²) in [7, 11) is 0. The van der Waals surface area contributed by atoms with E-state index in [4.69, 9.17) is 4.74 Å². The standard InChI is InChI=1S/C21H29N3O2/c25-21-20-2-1-19(15-17(20)5-11-23-21)26-18-7-13-24(14-8-18)12-6-16-3-9-22-10-4-16/h1-2,5,11,15-16,18,22H,3-4,6-10,12-14H2,(H,23,25). The van der Waals surface area contributed by atoms with Gasteiger partial charge in [0.05, 0.1) is 0 Å². The van der Waals surface area contributed by atoms with Gasteiger partial charge in [-0.1, -0.05) is 0 Å². The molecule has 3 heterocycles. The number of nitrogens with one attached hydrogen (secondary N) is 2. The zero-order valence-electron chi connectivity index (χ0n) is 15.4. The summed E-state index contributed by atoms with van der Waals surface area (Å²) in [6, 6.07) is 7.68. The molecule has 2 fully saturated rings. The summed E-state index contributed by atoms with van der Waals surface area (Å²) in [6.07, 6.45) is 8.15. The van der Waals surface area contributed by atoms with Gasteiger partial charge in [0.15, 0.2) is 0 Å². The maximum Gasteiger partial charge on any atom is 0.255 e. The lowest BCUT2D eigenvalue weighted by Gasteiger charge is -2.33. The van der Waals surface area contributed by atoms with Crippen molar-refractivity contribution in [2.24, 2.45) is 5.92 Å². The molecule has 140 valence electrons. The Bertz CT molecular complexity index is 774. The summed E-state index contributed by atoms with van der Waals surface area (Å²) >= 11 is 0. The van der Waals surface area contributed by atoms with Crippen molar-refractivity contribution >= 4 is 10.8 Å². The number of nitrogens with zero attached hydrogens (tertiary/aromatic N) is 1. The monoisotopic (exact) mass is 355 g/mol. The molecule has 4 rings (SSSR count). The van der Waals surface area contributed by atoms with E-state index in [0.29, 0.717) is 5.39 Å². The highest BCUT2D eigenvalue weighted by Gasteiger charge is 2.22. The van der Waals surface area contributed by atoms with Crippen LogP contribution in [0.3, 0.4) is 0 Å². The van der Waals surface area contributed by atoms with Crippen LogP contribution in [0.4, 0.5) is 0 Å². The number of likely N-dealkylation sites (tertiary alicyclic amines) is 1. The molecule has 1 aromatic carbocycles. The van der Waals surface area contributed by atoms with Gasteiger partial charge in [0.2, 0.25) is 0 Å². The van der Waals surface area contributed by atoms with Gasteiger partial charge >= 0.3 is 0 Å². The lowest BCUT2D eigenvalue weighted by Crippen LogP contribution is -2.39. The average molecular weight is 355 g/mol. The first-order chi connectivity index (χ1) is 12.8. The zero-order chi connectivity index (χ0) is 17.8. The fraction of sp³-hybridized carbons (Fsp3) is 0.571. The number of benzene rings is 1. The van der Waals surface area contributed by atoms with Crippen LogP contribution in [0.5, 0.6) is 5.75 Å². The molecule has 0 radical (unpaired) electrons. The van der Waals surface area contributed by atoms with E-state index in [9.17, 15) is 4.79 Å². The molecule has 0 spiro atoms. The average Bonchev–Trinajstić information content (AvgIpc) is 2.68. The number of H-pyrrole nitrogens is 1. The first-order valence-electron chi connectivity index (χ1n) is 9.99. The van der Waals surface area contributed by atoms with E-state index in [1.807, 2.05) is 24.3 Å². The van der Waals surface area contributed by atoms with Crippen LogP contribution in [0.2, 0.25) is 0 Å². The van der Waals surface area contributed by atoms with Gasteiger partial charge in [0.25, 0.3) is 5.56 Å². The Kier molecular flexibility index (Phi) is 5.56. The molecule has 0 aliphatic carbocycles. The second-order valence-corrected chi connectivity index (χ2v) is 7.70. The van der Waals surface area contributed by atoms with Crippen LogP contribution in [0.15, 0.2) is 35.3 Å². The van der Waals surface area contributed by atoms with Gasteiger partial charge in [-0.3, -0.25) is 4.79 Å². The molecule has 5 nitrogen and oxygen atoms in total. The fourth-order valence-corrected chi connectivity index (χ4v) is 4.22. The molecule has 0 amide bonds. The summed E-state index contributed by atoms with van der Waals surface area (Å²) in [5.74, 6) is 1.78. The lowest BCUT2D eigenvalue weighted by molar-refractivity contribution is 0.0960. The van der Waals surface area contributed by atoms with Crippen molar-refractivity contribution in [1.82, 2.24) is 15.2 Å². The molecule has 0 saturated carbocycles. The summed E-state index contributed by atoms with van der Waals surface area (Å²) in [5, 5.41) is 5.10. The Morgan fingerprint density at radius 2 is 1.88 bits per heavy atom. The van der Waals surface area contributed by atoms with Crippen LogP contribution in [0, 0.1) is 5.92 Å². The van der Waals surface area contributed by atoms with Crippen LogP contribution < -0.4 is 15.6 Å². The van der Waals surface area contributed by atoms with Crippen molar-refractivity contribution in [1.29, 1.82) is 0 Å². The van der Waals surface area contributed by atoms with Gasteiger partial charge in [-0.05, 0) is 87.3 Å². The molecule has 5 heteroatoms. The summed E-state index contributed by atoms with van der Waals surface area (Å²) in [5.41, 5.74) is -0.0453. The Labute approximate surface area is 154 Å². The topological polar surface area (TPSA) is 57.4 Å². The Balaban J connectivity index is 1.26. The molecular formula is C21H29N3O2. The molecule has 0 atom stereocenters. The largest absolute Gasteiger partial charge is 0.490 e. The molecule has 0 unspecified atom stereocenters. The molecule has 2 aliphatic rings. The predicted molar refractivity (Wildman–Crippen MR) is 105 cm³/mol. The first-order valence-corrected chi connectivity index (χ1v) is 9.99. The van der Waals surface area contributed by atoms with Crippen molar-refractivity contribution in [3.63, 3.8) is 0 Å². The quantitative estimate of drug-likeness (QED) is 0.866. The third-order valence-electron chi connectivity index (χ3n) is 5.89. The third kappa shape index (κ3) is 4.27. The van der Waals surface area contributed by atoms with E-state index in [1.54, 1.807) is 6.20 Å². The van der Waals surface area contributed by atoms with Crippen LogP contribution >= 0.6 is 0 Å². The lowest BCUT2D eigenvalue weighted by atomic mass is 9.94. The van der Waals surface area contributed by atoms with E-state index >= 15 is 0 Å². The number of rotatable bonds is 5.